The lowest BCUT2D eigenvalue weighted by Crippen LogP contribution is -2.59. The zero-order chi connectivity index (χ0) is 17.0. The van der Waals surface area contributed by atoms with Crippen LogP contribution in [0.3, 0.4) is 0 Å². The van der Waals surface area contributed by atoms with Crippen LogP contribution in [-0.4, -0.2) is 67.7 Å². The highest BCUT2D eigenvalue weighted by molar-refractivity contribution is 6.30. The Balaban J connectivity index is 0.00000169. The molecule has 0 radical (unpaired) electrons. The van der Waals surface area contributed by atoms with Crippen molar-refractivity contribution in [3.05, 3.63) is 34.9 Å². The maximum Gasteiger partial charge on any atom is 0.254 e. The Morgan fingerprint density at radius 1 is 1.19 bits per heavy atom. The minimum atomic E-state index is -0.625. The summed E-state index contributed by atoms with van der Waals surface area (Å²) in [4.78, 5) is 17.3. The predicted octanol–water partition coefficient (Wildman–Crippen LogP) is 2.60. The van der Waals surface area contributed by atoms with Gasteiger partial charge in [-0.3, -0.25) is 9.69 Å². The topological polar surface area (TPSA) is 44.8 Å². The zero-order valence-corrected chi connectivity index (χ0v) is 17.5. The third-order valence-corrected chi connectivity index (χ3v) is 5.38. The van der Waals surface area contributed by atoms with Crippen molar-refractivity contribution < 1.29 is 9.53 Å². The van der Waals surface area contributed by atoms with Crippen molar-refractivity contribution in [2.24, 2.45) is 0 Å². The Morgan fingerprint density at radius 2 is 1.85 bits per heavy atom. The number of carbonyl (C=O) groups excluding carboxylic acids is 1. The molecule has 0 atom stereocenters. The molecule has 5 nitrogen and oxygen atoms in total. The first-order valence-electron chi connectivity index (χ1n) is 8.65. The van der Waals surface area contributed by atoms with E-state index in [1.165, 1.54) is 5.56 Å². The van der Waals surface area contributed by atoms with Gasteiger partial charge in [0.25, 0.3) is 5.91 Å². The second-order valence-electron chi connectivity index (χ2n) is 6.65. The molecule has 1 aromatic rings. The van der Waals surface area contributed by atoms with Crippen molar-refractivity contribution in [3.8, 4) is 0 Å². The molecule has 1 amide bonds. The summed E-state index contributed by atoms with van der Waals surface area (Å²) in [6.45, 7) is 5.85. The molecule has 0 bridgehead atoms. The third kappa shape index (κ3) is 5.47. The number of hydrogen-bond donors (Lipinski definition) is 1. The number of carbonyl (C=O) groups is 1. The van der Waals surface area contributed by atoms with Crippen molar-refractivity contribution in [1.29, 1.82) is 0 Å². The summed E-state index contributed by atoms with van der Waals surface area (Å²) in [7, 11) is 1.67. The van der Waals surface area contributed by atoms with E-state index in [1.807, 2.05) is 23.1 Å². The lowest BCUT2D eigenvalue weighted by atomic mass is 9.90. The van der Waals surface area contributed by atoms with Crippen LogP contribution >= 0.6 is 36.4 Å². The van der Waals surface area contributed by atoms with Crippen molar-refractivity contribution in [3.63, 3.8) is 0 Å². The van der Waals surface area contributed by atoms with Crippen LogP contribution in [0.2, 0.25) is 5.02 Å². The van der Waals surface area contributed by atoms with E-state index in [2.05, 4.69) is 16.3 Å². The van der Waals surface area contributed by atoms with Crippen LogP contribution in [0.25, 0.3) is 0 Å². The molecule has 0 saturated carbocycles. The van der Waals surface area contributed by atoms with Gasteiger partial charge in [0, 0.05) is 44.9 Å². The van der Waals surface area contributed by atoms with Gasteiger partial charge in [0.1, 0.15) is 5.60 Å². The van der Waals surface area contributed by atoms with Crippen LogP contribution in [0, 0.1) is 0 Å². The van der Waals surface area contributed by atoms with Gasteiger partial charge >= 0.3 is 0 Å². The summed E-state index contributed by atoms with van der Waals surface area (Å²) in [6.07, 6.45) is 1.51. The molecule has 0 aromatic heterocycles. The number of nitrogens with zero attached hydrogens (tertiary/aromatic N) is 2. The van der Waals surface area contributed by atoms with E-state index < -0.39 is 5.60 Å². The van der Waals surface area contributed by atoms with E-state index in [0.717, 1.165) is 63.7 Å². The molecule has 3 rings (SSSR count). The van der Waals surface area contributed by atoms with Crippen molar-refractivity contribution in [2.45, 2.75) is 25.0 Å². The minimum Gasteiger partial charge on any atom is -0.368 e. The highest BCUT2D eigenvalue weighted by Gasteiger charge is 2.42. The number of rotatable bonds is 4. The average molecular weight is 425 g/mol. The number of piperazine rings is 1. The van der Waals surface area contributed by atoms with Gasteiger partial charge in [-0.1, -0.05) is 23.7 Å². The summed E-state index contributed by atoms with van der Waals surface area (Å²) in [5.74, 6) is 0.161. The quantitative estimate of drug-likeness (QED) is 0.807. The molecule has 8 heteroatoms. The zero-order valence-electron chi connectivity index (χ0n) is 15.1. The molecule has 2 saturated heterocycles. The van der Waals surface area contributed by atoms with Crippen LogP contribution < -0.4 is 5.32 Å². The lowest BCUT2D eigenvalue weighted by molar-refractivity contribution is -0.160. The first-order valence-corrected chi connectivity index (χ1v) is 9.03. The molecule has 2 heterocycles. The van der Waals surface area contributed by atoms with E-state index in [4.69, 9.17) is 16.3 Å². The summed E-state index contributed by atoms with van der Waals surface area (Å²) in [5, 5.41) is 4.07. The van der Waals surface area contributed by atoms with Crippen molar-refractivity contribution >= 4 is 42.3 Å². The predicted molar refractivity (Wildman–Crippen MR) is 110 cm³/mol. The van der Waals surface area contributed by atoms with E-state index in [0.29, 0.717) is 0 Å². The first-order chi connectivity index (χ1) is 11.6. The van der Waals surface area contributed by atoms with Crippen LogP contribution in [0.5, 0.6) is 0 Å². The van der Waals surface area contributed by atoms with Gasteiger partial charge in [0.2, 0.25) is 0 Å². The van der Waals surface area contributed by atoms with E-state index >= 15 is 0 Å². The second kappa shape index (κ2) is 10.7. The molecule has 0 unspecified atom stereocenters. The number of nitrogens with one attached hydrogen (secondary N) is 1. The summed E-state index contributed by atoms with van der Waals surface area (Å²) >= 11 is 6.05. The summed E-state index contributed by atoms with van der Waals surface area (Å²) in [6, 6.07) is 7.98. The SMILES string of the molecule is COC1(C(=O)N2CCN(Cc3cccc(Cl)c3)CC2)CCNCC1.Cl.Cl. The molecule has 2 aliphatic heterocycles. The van der Waals surface area contributed by atoms with Gasteiger partial charge in [-0.15, -0.1) is 24.8 Å². The molecule has 0 aliphatic carbocycles. The van der Waals surface area contributed by atoms with Crippen LogP contribution in [-0.2, 0) is 16.1 Å². The third-order valence-electron chi connectivity index (χ3n) is 5.15. The van der Waals surface area contributed by atoms with Crippen LogP contribution in [0.15, 0.2) is 24.3 Å². The Morgan fingerprint density at radius 3 is 2.42 bits per heavy atom. The fraction of sp³-hybridized carbons (Fsp3) is 0.611. The summed E-state index contributed by atoms with van der Waals surface area (Å²) in [5.41, 5.74) is 0.592. The Bertz CT molecular complexity index is 575. The number of hydrogen-bond acceptors (Lipinski definition) is 4. The summed E-state index contributed by atoms with van der Waals surface area (Å²) < 4.78 is 5.67. The van der Waals surface area contributed by atoms with Crippen LogP contribution in [0.1, 0.15) is 18.4 Å². The Kier molecular flexibility index (Phi) is 9.65. The first kappa shape index (κ1) is 23.5. The normalized spacial score (nSPS) is 20.0. The van der Waals surface area contributed by atoms with E-state index in [9.17, 15) is 4.79 Å². The van der Waals surface area contributed by atoms with Gasteiger partial charge in [-0.2, -0.15) is 0 Å². The molecule has 2 aliphatic rings. The number of ether oxygens (including phenoxy) is 1. The Labute approximate surface area is 173 Å². The van der Waals surface area contributed by atoms with Gasteiger partial charge in [-0.05, 0) is 43.6 Å². The molecule has 1 aromatic carbocycles. The van der Waals surface area contributed by atoms with Crippen LogP contribution in [0.4, 0.5) is 0 Å². The number of benzene rings is 1. The fourth-order valence-corrected chi connectivity index (χ4v) is 3.84. The number of halogens is 3. The van der Waals surface area contributed by atoms with E-state index in [1.54, 1.807) is 7.11 Å². The standard InChI is InChI=1S/C18H26ClN3O2.2ClH/c1-24-18(5-7-20-8-6-18)17(23)22-11-9-21(10-12-22)14-15-3-2-4-16(19)13-15;;/h2-4,13,20H,5-12,14H2,1H3;2*1H. The number of methoxy groups -OCH3 is 1. The maximum absolute atomic E-state index is 13.0. The van der Waals surface area contributed by atoms with Gasteiger partial charge in [-0.25, -0.2) is 0 Å². The highest BCUT2D eigenvalue weighted by atomic mass is 35.5. The monoisotopic (exact) mass is 423 g/mol. The minimum absolute atomic E-state index is 0. The molecule has 0 spiro atoms. The van der Waals surface area contributed by atoms with Gasteiger partial charge in [0.15, 0.2) is 0 Å². The van der Waals surface area contributed by atoms with Gasteiger partial charge < -0.3 is 15.0 Å². The second-order valence-corrected chi connectivity index (χ2v) is 7.08. The average Bonchev–Trinajstić information content (AvgIpc) is 2.62. The lowest BCUT2D eigenvalue weighted by Gasteiger charge is -2.42. The number of piperidine rings is 1. The molecular weight excluding hydrogens is 397 g/mol. The Hall–Kier alpha value is -0.560. The molecule has 2 fully saturated rings. The molecule has 1 N–H and O–H groups in total. The molecule has 148 valence electrons. The fourth-order valence-electron chi connectivity index (χ4n) is 3.63. The van der Waals surface area contributed by atoms with Gasteiger partial charge in [0.05, 0.1) is 0 Å². The highest BCUT2D eigenvalue weighted by Crippen LogP contribution is 2.26. The largest absolute Gasteiger partial charge is 0.368 e. The smallest absolute Gasteiger partial charge is 0.254 e. The van der Waals surface area contributed by atoms with Crippen molar-refractivity contribution in [2.75, 3.05) is 46.4 Å². The number of amides is 1. The van der Waals surface area contributed by atoms with E-state index in [-0.39, 0.29) is 30.7 Å². The molecular formula is C18H28Cl3N3O2. The molecule has 26 heavy (non-hydrogen) atoms. The van der Waals surface area contributed by atoms with Crippen molar-refractivity contribution in [1.82, 2.24) is 15.1 Å². The maximum atomic E-state index is 13.0.